The minimum Gasteiger partial charge on any atom is -0.436 e. The van der Waals surface area contributed by atoms with Crippen LogP contribution in [0.25, 0.3) is 0 Å². The fourth-order valence-electron chi connectivity index (χ4n) is 1.54. The molecule has 21 heavy (non-hydrogen) atoms. The molecule has 7 nitrogen and oxygen atoms in total. The van der Waals surface area contributed by atoms with Gasteiger partial charge in [0, 0.05) is 12.3 Å². The quantitative estimate of drug-likeness (QED) is 0.628. The average Bonchev–Trinajstić information content (AvgIpc) is 2.67. The van der Waals surface area contributed by atoms with Gasteiger partial charge in [0.25, 0.3) is 10.9 Å². The molecule has 0 N–H and O–H groups in total. The third-order valence-corrected chi connectivity index (χ3v) is 4.79. The zero-order chi connectivity index (χ0) is 15.8. The molecule has 112 valence electrons. The van der Waals surface area contributed by atoms with Crippen LogP contribution in [0.5, 0.6) is 0 Å². The Morgan fingerprint density at radius 3 is 2.48 bits per heavy atom. The summed E-state index contributed by atoms with van der Waals surface area (Å²) in [5.41, 5.74) is 0.407. The van der Waals surface area contributed by atoms with E-state index in [1.807, 2.05) is 0 Å². The Balaban J connectivity index is 2.46. The standard InChI is InChI=1S/C12H12N2O5S2/c1-7-8(2)19-12(13-7)20-11-5-4-9(21(3,17)18)6-10(11)14(15)16/h4-6H,1-3H3. The summed E-state index contributed by atoms with van der Waals surface area (Å²) >= 11 is 0.983. The van der Waals surface area contributed by atoms with Crippen molar-refractivity contribution in [3.63, 3.8) is 0 Å². The van der Waals surface area contributed by atoms with Crippen LogP contribution in [0.3, 0.4) is 0 Å². The van der Waals surface area contributed by atoms with Crippen molar-refractivity contribution in [3.8, 4) is 0 Å². The van der Waals surface area contributed by atoms with Gasteiger partial charge in [-0.2, -0.15) is 0 Å². The minimum absolute atomic E-state index is 0.0988. The van der Waals surface area contributed by atoms with Crippen LogP contribution in [0.2, 0.25) is 0 Å². The Kier molecular flexibility index (Phi) is 4.06. The van der Waals surface area contributed by atoms with Crippen molar-refractivity contribution in [3.05, 3.63) is 39.8 Å². The van der Waals surface area contributed by atoms with E-state index >= 15 is 0 Å². The monoisotopic (exact) mass is 328 g/mol. The summed E-state index contributed by atoms with van der Waals surface area (Å²) in [5.74, 6) is 0.632. The first kappa shape index (κ1) is 15.5. The molecule has 1 aromatic carbocycles. The van der Waals surface area contributed by atoms with Gasteiger partial charge in [-0.3, -0.25) is 10.1 Å². The fourth-order valence-corrected chi connectivity index (χ4v) is 3.09. The molecule has 2 rings (SSSR count). The van der Waals surface area contributed by atoms with Crippen LogP contribution in [0.1, 0.15) is 11.5 Å². The number of hydrogen-bond donors (Lipinski definition) is 0. The first-order valence-electron chi connectivity index (χ1n) is 5.79. The van der Waals surface area contributed by atoms with Crippen molar-refractivity contribution in [1.82, 2.24) is 4.98 Å². The molecule has 0 fully saturated rings. The predicted molar refractivity (Wildman–Crippen MR) is 76.3 cm³/mol. The Morgan fingerprint density at radius 1 is 1.33 bits per heavy atom. The number of oxazole rings is 1. The van der Waals surface area contributed by atoms with Gasteiger partial charge < -0.3 is 4.42 Å². The Bertz CT molecular complexity index is 792. The van der Waals surface area contributed by atoms with Crippen LogP contribution in [-0.2, 0) is 9.84 Å². The van der Waals surface area contributed by atoms with Gasteiger partial charge in [-0.1, -0.05) is 0 Å². The number of hydrogen-bond acceptors (Lipinski definition) is 7. The second kappa shape index (κ2) is 5.49. The van der Waals surface area contributed by atoms with E-state index in [-0.39, 0.29) is 20.7 Å². The molecule has 0 unspecified atom stereocenters. The van der Waals surface area contributed by atoms with Crippen LogP contribution in [0.15, 0.2) is 37.6 Å². The van der Waals surface area contributed by atoms with Gasteiger partial charge in [-0.25, -0.2) is 13.4 Å². The predicted octanol–water partition coefficient (Wildman–Crippen LogP) is 2.75. The maximum absolute atomic E-state index is 11.5. The summed E-state index contributed by atoms with van der Waals surface area (Å²) in [7, 11) is -3.50. The van der Waals surface area contributed by atoms with Crippen LogP contribution in [0, 0.1) is 24.0 Å². The lowest BCUT2D eigenvalue weighted by Gasteiger charge is -2.02. The number of rotatable bonds is 4. The maximum atomic E-state index is 11.5. The molecule has 0 aliphatic carbocycles. The average molecular weight is 328 g/mol. The van der Waals surface area contributed by atoms with E-state index in [1.165, 1.54) is 12.1 Å². The molecule has 0 saturated heterocycles. The number of nitro groups is 1. The zero-order valence-corrected chi connectivity index (χ0v) is 13.1. The molecular weight excluding hydrogens is 316 g/mol. The lowest BCUT2D eigenvalue weighted by molar-refractivity contribution is -0.388. The second-order valence-electron chi connectivity index (χ2n) is 4.38. The van der Waals surface area contributed by atoms with Gasteiger partial charge in [0.2, 0.25) is 0 Å². The van der Waals surface area contributed by atoms with Crippen LogP contribution < -0.4 is 0 Å². The number of aryl methyl sites for hydroxylation is 2. The number of benzene rings is 1. The molecular formula is C12H12N2O5S2. The summed E-state index contributed by atoms with van der Waals surface area (Å²) in [6, 6.07) is 3.75. The highest BCUT2D eigenvalue weighted by atomic mass is 32.2. The normalized spacial score (nSPS) is 11.6. The van der Waals surface area contributed by atoms with Crippen molar-refractivity contribution in [2.24, 2.45) is 0 Å². The number of nitro benzene ring substituents is 1. The third kappa shape index (κ3) is 3.42. The van der Waals surface area contributed by atoms with E-state index in [0.29, 0.717) is 11.5 Å². The van der Waals surface area contributed by atoms with Gasteiger partial charge in [0.1, 0.15) is 5.76 Å². The summed E-state index contributed by atoms with van der Waals surface area (Å²) in [6.07, 6.45) is 1.000. The summed E-state index contributed by atoms with van der Waals surface area (Å²) in [4.78, 5) is 14.8. The smallest absolute Gasteiger partial charge is 0.284 e. The number of sulfone groups is 1. The van der Waals surface area contributed by atoms with Crippen molar-refractivity contribution in [1.29, 1.82) is 0 Å². The molecule has 9 heteroatoms. The first-order chi connectivity index (χ1) is 9.68. The van der Waals surface area contributed by atoms with Gasteiger partial charge in [-0.05, 0) is 37.7 Å². The lowest BCUT2D eigenvalue weighted by atomic mass is 10.3. The van der Waals surface area contributed by atoms with Gasteiger partial charge in [-0.15, -0.1) is 0 Å². The van der Waals surface area contributed by atoms with Crippen molar-refractivity contribution >= 4 is 27.3 Å². The van der Waals surface area contributed by atoms with Gasteiger partial charge in [0.15, 0.2) is 9.84 Å². The summed E-state index contributed by atoms with van der Waals surface area (Å²) in [5, 5.41) is 11.4. The lowest BCUT2D eigenvalue weighted by Crippen LogP contribution is -1.99. The van der Waals surface area contributed by atoms with Crippen LogP contribution in [-0.4, -0.2) is 24.6 Å². The highest BCUT2D eigenvalue weighted by molar-refractivity contribution is 7.99. The Morgan fingerprint density at radius 2 is 2.00 bits per heavy atom. The fraction of sp³-hybridized carbons (Fsp3) is 0.250. The second-order valence-corrected chi connectivity index (χ2v) is 7.39. The molecule has 0 radical (unpaired) electrons. The SMILES string of the molecule is Cc1nc(Sc2ccc(S(C)(=O)=O)cc2[N+](=O)[O-])oc1C. The molecule has 1 aromatic heterocycles. The van der Waals surface area contributed by atoms with E-state index in [9.17, 15) is 18.5 Å². The third-order valence-electron chi connectivity index (χ3n) is 2.76. The molecule has 1 heterocycles. The van der Waals surface area contributed by atoms with Crippen molar-refractivity contribution < 1.29 is 17.8 Å². The van der Waals surface area contributed by atoms with Gasteiger partial charge >= 0.3 is 0 Å². The van der Waals surface area contributed by atoms with Crippen molar-refractivity contribution in [2.45, 2.75) is 28.9 Å². The number of aromatic nitrogens is 1. The van der Waals surface area contributed by atoms with Crippen LogP contribution in [0.4, 0.5) is 5.69 Å². The largest absolute Gasteiger partial charge is 0.436 e. The van der Waals surface area contributed by atoms with E-state index in [2.05, 4.69) is 4.98 Å². The molecule has 0 aliphatic rings. The van der Waals surface area contributed by atoms with Crippen molar-refractivity contribution in [2.75, 3.05) is 6.26 Å². The zero-order valence-electron chi connectivity index (χ0n) is 11.5. The topological polar surface area (TPSA) is 103 Å². The molecule has 0 aliphatic heterocycles. The van der Waals surface area contributed by atoms with E-state index < -0.39 is 14.8 Å². The Labute approximate surface area is 125 Å². The van der Waals surface area contributed by atoms with Gasteiger partial charge in [0.05, 0.1) is 20.4 Å². The summed E-state index contributed by atoms with van der Waals surface area (Å²) in [6.45, 7) is 3.51. The minimum atomic E-state index is -3.50. The molecule has 2 aromatic rings. The molecule has 0 spiro atoms. The first-order valence-corrected chi connectivity index (χ1v) is 8.49. The summed E-state index contributed by atoms with van der Waals surface area (Å²) < 4.78 is 28.3. The number of nitrogens with zero attached hydrogens (tertiary/aromatic N) is 2. The molecule has 0 bridgehead atoms. The van der Waals surface area contributed by atoms with E-state index in [0.717, 1.165) is 24.1 Å². The van der Waals surface area contributed by atoms with Crippen LogP contribution >= 0.6 is 11.8 Å². The highest BCUT2D eigenvalue weighted by Crippen LogP contribution is 2.36. The molecule has 0 amide bonds. The maximum Gasteiger partial charge on any atom is 0.284 e. The van der Waals surface area contributed by atoms with E-state index in [4.69, 9.17) is 4.42 Å². The van der Waals surface area contributed by atoms with E-state index in [1.54, 1.807) is 13.8 Å². The molecule has 0 atom stereocenters. The highest BCUT2D eigenvalue weighted by Gasteiger charge is 2.21. The Hall–Kier alpha value is -1.87. The molecule has 0 saturated carbocycles.